The standard InChI is InChI=1S/C21H29IN6O2/c1-12(2)28-11-25-17-18(23-10-14-8-15(22)6-7-16(14)29)26-20(27-19(17)28)24-9-13(3)21(4,5)30/h6-8,11-13,29-30H,9-10H2,1-5H3,(H2,23,24,26,27). The summed E-state index contributed by atoms with van der Waals surface area (Å²) in [7, 11) is 0. The van der Waals surface area contributed by atoms with Gasteiger partial charge in [0.15, 0.2) is 17.0 Å². The van der Waals surface area contributed by atoms with E-state index in [1.165, 1.54) is 0 Å². The Morgan fingerprint density at radius 2 is 1.90 bits per heavy atom. The number of hydrogen-bond donors (Lipinski definition) is 4. The van der Waals surface area contributed by atoms with Crippen LogP contribution in [0.15, 0.2) is 24.5 Å². The lowest BCUT2D eigenvalue weighted by Gasteiger charge is -2.26. The molecule has 8 nitrogen and oxygen atoms in total. The smallest absolute Gasteiger partial charge is 0.226 e. The van der Waals surface area contributed by atoms with Gasteiger partial charge in [-0.3, -0.25) is 0 Å². The summed E-state index contributed by atoms with van der Waals surface area (Å²) in [4.78, 5) is 13.8. The average Bonchev–Trinajstić information content (AvgIpc) is 3.10. The summed E-state index contributed by atoms with van der Waals surface area (Å²) in [5.41, 5.74) is 1.38. The van der Waals surface area contributed by atoms with Crippen molar-refractivity contribution in [2.75, 3.05) is 17.2 Å². The van der Waals surface area contributed by atoms with Crippen LogP contribution in [0, 0.1) is 9.49 Å². The molecule has 1 atom stereocenters. The zero-order valence-electron chi connectivity index (χ0n) is 17.9. The van der Waals surface area contributed by atoms with Crippen LogP contribution in [0.1, 0.15) is 46.2 Å². The highest BCUT2D eigenvalue weighted by Crippen LogP contribution is 2.26. The lowest BCUT2D eigenvalue weighted by Crippen LogP contribution is -2.33. The molecule has 162 valence electrons. The molecule has 0 amide bonds. The third kappa shape index (κ3) is 5.12. The molecule has 1 unspecified atom stereocenters. The van der Waals surface area contributed by atoms with E-state index in [2.05, 4.69) is 62.0 Å². The molecule has 4 N–H and O–H groups in total. The number of halogens is 1. The first-order valence-corrected chi connectivity index (χ1v) is 11.1. The van der Waals surface area contributed by atoms with E-state index in [1.807, 2.05) is 23.6 Å². The van der Waals surface area contributed by atoms with Crippen LogP contribution in [0.3, 0.4) is 0 Å². The Morgan fingerprint density at radius 3 is 2.57 bits per heavy atom. The van der Waals surface area contributed by atoms with Crippen LogP contribution in [-0.2, 0) is 6.54 Å². The molecule has 9 heteroatoms. The maximum absolute atomic E-state index is 10.2. The highest BCUT2D eigenvalue weighted by molar-refractivity contribution is 14.1. The Balaban J connectivity index is 1.92. The molecule has 0 saturated heterocycles. The summed E-state index contributed by atoms with van der Waals surface area (Å²) in [6.45, 7) is 10.6. The quantitative estimate of drug-likeness (QED) is 0.328. The highest BCUT2D eigenvalue weighted by Gasteiger charge is 2.23. The number of aromatic hydroxyl groups is 1. The minimum Gasteiger partial charge on any atom is -0.508 e. The topological polar surface area (TPSA) is 108 Å². The van der Waals surface area contributed by atoms with E-state index in [0.29, 0.717) is 30.4 Å². The fraction of sp³-hybridized carbons (Fsp3) is 0.476. The Kier molecular flexibility index (Phi) is 6.71. The summed E-state index contributed by atoms with van der Waals surface area (Å²) >= 11 is 2.22. The number of imidazole rings is 1. The summed E-state index contributed by atoms with van der Waals surface area (Å²) in [5.74, 6) is 1.30. The van der Waals surface area contributed by atoms with Crippen molar-refractivity contribution in [3.8, 4) is 5.75 Å². The Hall–Kier alpha value is -2.14. The number of aromatic nitrogens is 4. The van der Waals surface area contributed by atoms with E-state index in [-0.39, 0.29) is 17.7 Å². The van der Waals surface area contributed by atoms with Crippen molar-refractivity contribution in [2.45, 2.75) is 52.8 Å². The number of benzene rings is 1. The lowest BCUT2D eigenvalue weighted by atomic mass is 9.93. The minimum atomic E-state index is -0.806. The van der Waals surface area contributed by atoms with E-state index < -0.39 is 5.60 Å². The lowest BCUT2D eigenvalue weighted by molar-refractivity contribution is 0.0303. The molecule has 2 heterocycles. The van der Waals surface area contributed by atoms with E-state index in [0.717, 1.165) is 14.8 Å². The number of rotatable bonds is 8. The van der Waals surface area contributed by atoms with Gasteiger partial charge in [0, 0.05) is 34.2 Å². The predicted molar refractivity (Wildman–Crippen MR) is 128 cm³/mol. The third-order valence-electron chi connectivity index (χ3n) is 5.24. The molecule has 1 aromatic carbocycles. The molecular formula is C21H29IN6O2. The second-order valence-electron chi connectivity index (χ2n) is 8.38. The van der Waals surface area contributed by atoms with Gasteiger partial charge < -0.3 is 25.4 Å². The number of fused-ring (bicyclic) bond motifs is 1. The molecule has 0 saturated carbocycles. The summed E-state index contributed by atoms with van der Waals surface area (Å²) in [5, 5.41) is 26.9. The van der Waals surface area contributed by atoms with Gasteiger partial charge in [-0.2, -0.15) is 9.97 Å². The summed E-state index contributed by atoms with van der Waals surface area (Å²) in [6, 6.07) is 5.67. The van der Waals surface area contributed by atoms with Gasteiger partial charge in [-0.15, -0.1) is 0 Å². The van der Waals surface area contributed by atoms with Crippen molar-refractivity contribution in [1.29, 1.82) is 0 Å². The molecule has 3 rings (SSSR count). The molecule has 0 fully saturated rings. The van der Waals surface area contributed by atoms with Gasteiger partial charge in [-0.25, -0.2) is 4.98 Å². The monoisotopic (exact) mass is 524 g/mol. The Bertz CT molecular complexity index is 1030. The van der Waals surface area contributed by atoms with Gasteiger partial charge >= 0.3 is 0 Å². The van der Waals surface area contributed by atoms with Crippen molar-refractivity contribution in [1.82, 2.24) is 19.5 Å². The number of nitrogens with one attached hydrogen (secondary N) is 2. The maximum atomic E-state index is 10.2. The molecule has 3 aromatic rings. The van der Waals surface area contributed by atoms with Crippen molar-refractivity contribution < 1.29 is 10.2 Å². The first-order chi connectivity index (χ1) is 14.1. The summed E-state index contributed by atoms with van der Waals surface area (Å²) in [6.07, 6.45) is 1.77. The number of nitrogens with zero attached hydrogens (tertiary/aromatic N) is 4. The fourth-order valence-corrected chi connectivity index (χ4v) is 3.42. The van der Waals surface area contributed by atoms with Crippen molar-refractivity contribution >= 4 is 45.5 Å². The molecule has 0 radical (unpaired) electrons. The van der Waals surface area contributed by atoms with Gasteiger partial charge in [0.25, 0.3) is 0 Å². The highest BCUT2D eigenvalue weighted by atomic mass is 127. The van der Waals surface area contributed by atoms with Gasteiger partial charge in [-0.05, 0) is 68.5 Å². The second-order valence-corrected chi connectivity index (χ2v) is 9.62. The van der Waals surface area contributed by atoms with Crippen LogP contribution >= 0.6 is 22.6 Å². The zero-order valence-corrected chi connectivity index (χ0v) is 20.1. The van der Waals surface area contributed by atoms with Crippen LogP contribution < -0.4 is 10.6 Å². The van der Waals surface area contributed by atoms with Crippen molar-refractivity contribution in [3.63, 3.8) is 0 Å². The average molecular weight is 524 g/mol. The van der Waals surface area contributed by atoms with Crippen molar-refractivity contribution in [3.05, 3.63) is 33.7 Å². The minimum absolute atomic E-state index is 0.00607. The molecular weight excluding hydrogens is 495 g/mol. The number of aliphatic hydroxyl groups is 1. The van der Waals surface area contributed by atoms with Crippen molar-refractivity contribution in [2.24, 2.45) is 5.92 Å². The fourth-order valence-electron chi connectivity index (χ4n) is 2.87. The molecule has 2 aromatic heterocycles. The SMILES string of the molecule is CC(C)n1cnc2c(NCc3cc(I)ccc3O)nc(NCC(C)C(C)(C)O)nc21. The van der Waals surface area contributed by atoms with E-state index in [1.54, 1.807) is 26.2 Å². The normalized spacial score (nSPS) is 13.1. The number of phenols is 1. The van der Waals surface area contributed by atoms with E-state index in [9.17, 15) is 10.2 Å². The van der Waals surface area contributed by atoms with E-state index >= 15 is 0 Å². The third-order valence-corrected chi connectivity index (χ3v) is 5.91. The second kappa shape index (κ2) is 8.93. The first kappa shape index (κ1) is 22.5. The van der Waals surface area contributed by atoms with Gasteiger partial charge in [0.2, 0.25) is 5.95 Å². The zero-order chi connectivity index (χ0) is 22.1. The first-order valence-electron chi connectivity index (χ1n) is 9.98. The van der Waals surface area contributed by atoms with Crippen LogP contribution in [0.2, 0.25) is 0 Å². The Morgan fingerprint density at radius 1 is 1.17 bits per heavy atom. The molecule has 30 heavy (non-hydrogen) atoms. The van der Waals surface area contributed by atoms with Gasteiger partial charge in [-0.1, -0.05) is 6.92 Å². The van der Waals surface area contributed by atoms with Gasteiger partial charge in [0.05, 0.1) is 11.9 Å². The largest absolute Gasteiger partial charge is 0.508 e. The molecule has 0 aliphatic rings. The van der Waals surface area contributed by atoms with Crippen LogP contribution in [0.5, 0.6) is 5.75 Å². The Labute approximate surface area is 190 Å². The van der Waals surface area contributed by atoms with Gasteiger partial charge in [0.1, 0.15) is 5.75 Å². The van der Waals surface area contributed by atoms with Crippen LogP contribution in [0.4, 0.5) is 11.8 Å². The molecule has 0 aliphatic carbocycles. The molecule has 0 aliphatic heterocycles. The summed E-state index contributed by atoms with van der Waals surface area (Å²) < 4.78 is 3.04. The number of anilines is 2. The molecule has 0 spiro atoms. The van der Waals surface area contributed by atoms with E-state index in [4.69, 9.17) is 0 Å². The predicted octanol–water partition coefficient (Wildman–Crippen LogP) is 4.15. The number of hydrogen-bond acceptors (Lipinski definition) is 7. The van der Waals surface area contributed by atoms with Crippen LogP contribution in [-0.4, -0.2) is 41.9 Å². The maximum Gasteiger partial charge on any atom is 0.226 e. The van der Waals surface area contributed by atoms with Crippen LogP contribution in [0.25, 0.3) is 11.2 Å². The number of phenolic OH excluding ortho intramolecular Hbond substituents is 1. The molecule has 0 bridgehead atoms.